The molecule has 0 atom stereocenters. The first kappa shape index (κ1) is 12.5. The maximum atomic E-state index is 5.90. The molecule has 0 bridgehead atoms. The lowest BCUT2D eigenvalue weighted by Gasteiger charge is -2.04. The van der Waals surface area contributed by atoms with Gasteiger partial charge in [0, 0.05) is 5.02 Å². The number of alkyl halides is 2. The number of hydrogen-bond acceptors (Lipinski definition) is 4. The number of halogens is 3. The smallest absolute Gasteiger partial charge is 0.260 e. The first-order chi connectivity index (χ1) is 8.11. The summed E-state index contributed by atoms with van der Waals surface area (Å²) in [4.78, 5) is 3.19. The van der Waals surface area contributed by atoms with Crippen molar-refractivity contribution in [2.24, 2.45) is 0 Å². The quantitative estimate of drug-likeness (QED) is 0.806. The van der Waals surface area contributed by atoms with Crippen LogP contribution in [0.5, 0.6) is 5.75 Å². The summed E-state index contributed by atoms with van der Waals surface area (Å²) >= 11 is 17.1. The second-order valence-corrected chi connectivity index (χ2v) is 4.63. The fraction of sp³-hybridized carbons (Fsp3) is 0.200. The number of nitrogens with zero attached hydrogens (tertiary/aromatic N) is 2. The van der Waals surface area contributed by atoms with Crippen LogP contribution in [0.3, 0.4) is 0 Å². The van der Waals surface area contributed by atoms with Gasteiger partial charge in [-0.2, -0.15) is 4.98 Å². The average molecular weight is 294 g/mol. The van der Waals surface area contributed by atoms with Gasteiger partial charge in [0.05, 0.1) is 12.7 Å². The molecule has 0 fully saturated rings. The van der Waals surface area contributed by atoms with Gasteiger partial charge in [-0.15, -0.1) is 0 Å². The van der Waals surface area contributed by atoms with E-state index in [1.54, 1.807) is 25.3 Å². The number of benzene rings is 1. The Morgan fingerprint density at radius 1 is 1.35 bits per heavy atom. The molecule has 0 spiro atoms. The highest BCUT2D eigenvalue weighted by atomic mass is 35.5. The van der Waals surface area contributed by atoms with Crippen molar-refractivity contribution in [1.82, 2.24) is 10.1 Å². The normalized spacial score (nSPS) is 10.9. The van der Waals surface area contributed by atoms with Crippen molar-refractivity contribution in [3.8, 4) is 17.1 Å². The Bertz CT molecular complexity index is 528. The first-order valence-corrected chi connectivity index (χ1v) is 5.82. The molecule has 0 saturated carbocycles. The Labute approximate surface area is 112 Å². The Morgan fingerprint density at radius 3 is 2.71 bits per heavy atom. The summed E-state index contributed by atoms with van der Waals surface area (Å²) in [6.07, 6.45) is 0. The number of aromatic nitrogens is 2. The summed E-state index contributed by atoms with van der Waals surface area (Å²) in [5, 5.41) is 4.31. The zero-order valence-electron chi connectivity index (χ0n) is 8.65. The van der Waals surface area contributed by atoms with Crippen molar-refractivity contribution in [2.45, 2.75) is 4.84 Å². The third-order valence-electron chi connectivity index (χ3n) is 2.03. The van der Waals surface area contributed by atoms with Crippen LogP contribution in [0, 0.1) is 0 Å². The van der Waals surface area contributed by atoms with Gasteiger partial charge in [0.1, 0.15) is 5.75 Å². The predicted octanol–water partition coefficient (Wildman–Crippen LogP) is 3.87. The van der Waals surface area contributed by atoms with E-state index in [4.69, 9.17) is 44.1 Å². The molecule has 0 unspecified atom stereocenters. The zero-order chi connectivity index (χ0) is 12.4. The van der Waals surface area contributed by atoms with Crippen molar-refractivity contribution >= 4 is 34.8 Å². The topological polar surface area (TPSA) is 48.2 Å². The summed E-state index contributed by atoms with van der Waals surface area (Å²) in [5.74, 6) is 1.04. The average Bonchev–Trinajstić information content (AvgIpc) is 2.78. The number of hydrogen-bond donors (Lipinski definition) is 0. The molecule has 2 aromatic rings. The highest BCUT2D eigenvalue weighted by Gasteiger charge is 2.17. The van der Waals surface area contributed by atoms with Crippen LogP contribution in [0.25, 0.3) is 11.4 Å². The zero-order valence-corrected chi connectivity index (χ0v) is 10.9. The maximum Gasteiger partial charge on any atom is 0.260 e. The molecule has 17 heavy (non-hydrogen) atoms. The molecule has 0 aliphatic heterocycles. The lowest BCUT2D eigenvalue weighted by Crippen LogP contribution is -1.89. The monoisotopic (exact) mass is 292 g/mol. The van der Waals surface area contributed by atoms with Gasteiger partial charge in [-0.3, -0.25) is 0 Å². The van der Waals surface area contributed by atoms with E-state index in [2.05, 4.69) is 10.1 Å². The summed E-state index contributed by atoms with van der Waals surface area (Å²) in [6.45, 7) is 0. The third kappa shape index (κ3) is 2.65. The van der Waals surface area contributed by atoms with Crippen molar-refractivity contribution < 1.29 is 9.26 Å². The predicted molar refractivity (Wildman–Crippen MR) is 65.7 cm³/mol. The number of methoxy groups -OCH3 is 1. The molecule has 1 aromatic carbocycles. The summed E-state index contributed by atoms with van der Waals surface area (Å²) < 4.78 is 10.1. The van der Waals surface area contributed by atoms with E-state index >= 15 is 0 Å². The van der Waals surface area contributed by atoms with E-state index in [0.717, 1.165) is 0 Å². The third-order valence-corrected chi connectivity index (χ3v) is 2.64. The Morgan fingerprint density at radius 2 is 2.12 bits per heavy atom. The minimum Gasteiger partial charge on any atom is -0.496 e. The molecular weight excluding hydrogens is 286 g/mol. The standard InChI is InChI=1S/C10H7Cl3N2O2/c1-16-7-3-2-5(11)4-6(7)9-14-10(8(12)13)17-15-9/h2-4,8H,1H3. The van der Waals surface area contributed by atoms with Crippen LogP contribution in [-0.4, -0.2) is 17.3 Å². The van der Waals surface area contributed by atoms with E-state index in [-0.39, 0.29) is 5.89 Å². The maximum absolute atomic E-state index is 5.90. The second kappa shape index (κ2) is 5.12. The second-order valence-electron chi connectivity index (χ2n) is 3.10. The molecule has 0 saturated heterocycles. The van der Waals surface area contributed by atoms with Gasteiger partial charge >= 0.3 is 0 Å². The van der Waals surface area contributed by atoms with E-state index in [0.29, 0.717) is 22.2 Å². The van der Waals surface area contributed by atoms with Crippen LogP contribution in [0.15, 0.2) is 22.7 Å². The van der Waals surface area contributed by atoms with Crippen LogP contribution in [0.4, 0.5) is 0 Å². The summed E-state index contributed by atoms with van der Waals surface area (Å²) in [6, 6.07) is 5.09. The minimum absolute atomic E-state index is 0.130. The van der Waals surface area contributed by atoms with Gasteiger partial charge in [0.15, 0.2) is 4.84 Å². The minimum atomic E-state index is -0.860. The van der Waals surface area contributed by atoms with Crippen LogP contribution < -0.4 is 4.74 Å². The molecule has 0 aliphatic carbocycles. The van der Waals surface area contributed by atoms with Crippen LogP contribution in [-0.2, 0) is 0 Å². The van der Waals surface area contributed by atoms with Crippen molar-refractivity contribution in [1.29, 1.82) is 0 Å². The lowest BCUT2D eigenvalue weighted by molar-refractivity contribution is 0.387. The van der Waals surface area contributed by atoms with Crippen molar-refractivity contribution in [3.05, 3.63) is 29.1 Å². The Hall–Kier alpha value is -0.970. The highest BCUT2D eigenvalue weighted by Crippen LogP contribution is 2.32. The molecular formula is C10H7Cl3N2O2. The number of ether oxygens (including phenoxy) is 1. The summed E-state index contributed by atoms with van der Waals surface area (Å²) in [5.41, 5.74) is 0.615. The molecule has 0 N–H and O–H groups in total. The van der Waals surface area contributed by atoms with Gasteiger partial charge in [0.25, 0.3) is 5.89 Å². The first-order valence-electron chi connectivity index (χ1n) is 4.57. The fourth-order valence-corrected chi connectivity index (χ4v) is 1.64. The highest BCUT2D eigenvalue weighted by molar-refractivity contribution is 6.43. The van der Waals surface area contributed by atoms with Gasteiger partial charge in [-0.25, -0.2) is 0 Å². The summed E-state index contributed by atoms with van der Waals surface area (Å²) in [7, 11) is 1.54. The molecule has 0 radical (unpaired) electrons. The Balaban J connectivity index is 2.47. The molecule has 0 amide bonds. The van der Waals surface area contributed by atoms with Crippen molar-refractivity contribution in [2.75, 3.05) is 7.11 Å². The van der Waals surface area contributed by atoms with Crippen LogP contribution in [0.1, 0.15) is 10.7 Å². The molecule has 2 rings (SSSR count). The van der Waals surface area contributed by atoms with E-state index in [9.17, 15) is 0 Å². The SMILES string of the molecule is COc1ccc(Cl)cc1-c1noc(C(Cl)Cl)n1. The molecule has 7 heteroatoms. The van der Waals surface area contributed by atoms with Crippen LogP contribution >= 0.6 is 34.8 Å². The molecule has 0 aliphatic rings. The molecule has 4 nitrogen and oxygen atoms in total. The van der Waals surface area contributed by atoms with Crippen molar-refractivity contribution in [3.63, 3.8) is 0 Å². The molecule has 1 aromatic heterocycles. The van der Waals surface area contributed by atoms with E-state index < -0.39 is 4.84 Å². The van der Waals surface area contributed by atoms with E-state index in [1.807, 2.05) is 0 Å². The lowest BCUT2D eigenvalue weighted by atomic mass is 10.2. The molecule has 1 heterocycles. The Kier molecular flexibility index (Phi) is 3.76. The van der Waals surface area contributed by atoms with E-state index in [1.165, 1.54) is 0 Å². The molecule has 90 valence electrons. The van der Waals surface area contributed by atoms with Gasteiger partial charge in [-0.1, -0.05) is 40.0 Å². The fourth-order valence-electron chi connectivity index (χ4n) is 1.29. The van der Waals surface area contributed by atoms with Crippen LogP contribution in [0.2, 0.25) is 5.02 Å². The van der Waals surface area contributed by atoms with Gasteiger partial charge in [-0.05, 0) is 18.2 Å². The number of rotatable bonds is 3. The largest absolute Gasteiger partial charge is 0.496 e. The van der Waals surface area contributed by atoms with Gasteiger partial charge in [0.2, 0.25) is 5.82 Å². The van der Waals surface area contributed by atoms with Gasteiger partial charge < -0.3 is 9.26 Å².